The van der Waals surface area contributed by atoms with Crippen LogP contribution in [-0.2, 0) is 0 Å². The van der Waals surface area contributed by atoms with Gasteiger partial charge in [-0.2, -0.15) is 0 Å². The lowest BCUT2D eigenvalue weighted by Crippen LogP contribution is -2.13. The van der Waals surface area contributed by atoms with Gasteiger partial charge >= 0.3 is 0 Å². The minimum absolute atomic E-state index is 0.0802. The molecule has 0 unspecified atom stereocenters. The van der Waals surface area contributed by atoms with Crippen LogP contribution in [0.15, 0.2) is 30.3 Å². The molecule has 1 N–H and O–H groups in total. The lowest BCUT2D eigenvalue weighted by atomic mass is 10.1. The summed E-state index contributed by atoms with van der Waals surface area (Å²) in [5, 5.41) is 23.2. The number of halogens is 3. The Morgan fingerprint density at radius 2 is 1.75 bits per heavy atom. The number of carbonyl (C=O) groups excluding carboxylic acids is 1. The second kappa shape index (κ2) is 6.77. The number of nitrogens with zero attached hydrogens (tertiary/aromatic N) is 2. The van der Waals surface area contributed by atoms with Crippen molar-refractivity contribution in [3.63, 3.8) is 0 Å². The first kappa shape index (κ1) is 17.6. The number of carbonyl (C=O) groups is 1. The highest BCUT2D eigenvalue weighted by Crippen LogP contribution is 2.33. The average molecular weight is 374 g/mol. The van der Waals surface area contributed by atoms with Crippen molar-refractivity contribution in [2.75, 3.05) is 5.32 Å². The molecule has 0 saturated carbocycles. The molecule has 0 aliphatic carbocycles. The van der Waals surface area contributed by atoms with Gasteiger partial charge in [-0.25, -0.2) is 4.39 Å². The van der Waals surface area contributed by atoms with Gasteiger partial charge in [-0.3, -0.25) is 25.0 Å². The average Bonchev–Trinajstić information content (AvgIpc) is 2.50. The third kappa shape index (κ3) is 3.58. The highest BCUT2D eigenvalue weighted by molar-refractivity contribution is 6.36. The van der Waals surface area contributed by atoms with Gasteiger partial charge < -0.3 is 5.32 Å². The Kier molecular flexibility index (Phi) is 4.96. The van der Waals surface area contributed by atoms with E-state index in [0.29, 0.717) is 6.07 Å². The Morgan fingerprint density at radius 1 is 1.08 bits per heavy atom. The zero-order valence-electron chi connectivity index (χ0n) is 11.5. The van der Waals surface area contributed by atoms with Crippen LogP contribution in [0.25, 0.3) is 0 Å². The molecule has 0 saturated heterocycles. The number of non-ortho nitro benzene ring substituents is 1. The molecule has 0 fully saturated rings. The van der Waals surface area contributed by atoms with Crippen LogP contribution in [0.1, 0.15) is 10.4 Å². The first-order valence-electron chi connectivity index (χ1n) is 6.09. The molecule has 0 radical (unpaired) electrons. The quantitative estimate of drug-likeness (QED) is 0.636. The van der Waals surface area contributed by atoms with E-state index < -0.39 is 43.5 Å². The molecule has 0 atom stereocenters. The summed E-state index contributed by atoms with van der Waals surface area (Å²) in [7, 11) is 0. The summed E-state index contributed by atoms with van der Waals surface area (Å²) in [4.78, 5) is 32.1. The lowest BCUT2D eigenvalue weighted by molar-refractivity contribution is -0.394. The smallest absolute Gasteiger partial charge is 0.295 e. The van der Waals surface area contributed by atoms with Crippen molar-refractivity contribution >= 4 is 46.2 Å². The maximum absolute atomic E-state index is 13.1. The second-order valence-electron chi connectivity index (χ2n) is 4.42. The van der Waals surface area contributed by atoms with E-state index in [9.17, 15) is 29.4 Å². The van der Waals surface area contributed by atoms with E-state index in [1.807, 2.05) is 0 Å². The molecule has 11 heteroatoms. The first-order chi connectivity index (χ1) is 11.2. The molecule has 124 valence electrons. The van der Waals surface area contributed by atoms with Gasteiger partial charge in [0.1, 0.15) is 10.8 Å². The van der Waals surface area contributed by atoms with Crippen LogP contribution < -0.4 is 5.32 Å². The van der Waals surface area contributed by atoms with Crippen LogP contribution in [0, 0.1) is 26.0 Å². The van der Waals surface area contributed by atoms with Crippen LogP contribution in [0.5, 0.6) is 0 Å². The molecule has 0 aliphatic rings. The van der Waals surface area contributed by atoms with Gasteiger partial charge in [0.2, 0.25) is 0 Å². The Hall–Kier alpha value is -2.78. The zero-order valence-corrected chi connectivity index (χ0v) is 13.0. The van der Waals surface area contributed by atoms with Crippen LogP contribution in [0.2, 0.25) is 10.0 Å². The first-order valence-corrected chi connectivity index (χ1v) is 6.85. The van der Waals surface area contributed by atoms with Gasteiger partial charge in [0.15, 0.2) is 0 Å². The van der Waals surface area contributed by atoms with Crippen molar-refractivity contribution in [3.05, 3.63) is 72.0 Å². The highest BCUT2D eigenvalue weighted by atomic mass is 35.5. The SMILES string of the molecule is O=C(Nc1ccc(F)c(Cl)c1)c1cc([N+](=O)[O-])cc([N+](=O)[O-])c1Cl. The number of nitrogens with one attached hydrogen (secondary N) is 1. The predicted octanol–water partition coefficient (Wildman–Crippen LogP) is 4.20. The molecule has 2 aromatic carbocycles. The molecular weight excluding hydrogens is 368 g/mol. The van der Waals surface area contributed by atoms with Gasteiger partial charge in [-0.1, -0.05) is 23.2 Å². The monoisotopic (exact) mass is 373 g/mol. The Labute approximate surface area is 143 Å². The molecule has 0 heterocycles. The maximum atomic E-state index is 13.1. The number of benzene rings is 2. The summed E-state index contributed by atoms with van der Waals surface area (Å²) < 4.78 is 13.1. The predicted molar refractivity (Wildman–Crippen MR) is 84.1 cm³/mol. The topological polar surface area (TPSA) is 115 Å². The fraction of sp³-hybridized carbons (Fsp3) is 0. The van der Waals surface area contributed by atoms with Crippen molar-refractivity contribution in [2.45, 2.75) is 0 Å². The van der Waals surface area contributed by atoms with Crippen molar-refractivity contribution in [3.8, 4) is 0 Å². The van der Waals surface area contributed by atoms with Gasteiger partial charge in [-0.05, 0) is 18.2 Å². The summed E-state index contributed by atoms with van der Waals surface area (Å²) in [5.41, 5.74) is -1.85. The number of nitro groups is 2. The minimum Gasteiger partial charge on any atom is -0.322 e. The van der Waals surface area contributed by atoms with E-state index in [2.05, 4.69) is 5.32 Å². The van der Waals surface area contributed by atoms with Gasteiger partial charge in [0, 0.05) is 11.8 Å². The molecule has 2 aromatic rings. The third-order valence-corrected chi connectivity index (χ3v) is 3.55. The normalized spacial score (nSPS) is 10.3. The number of hydrogen-bond acceptors (Lipinski definition) is 5. The minimum atomic E-state index is -0.950. The molecule has 1 amide bonds. The van der Waals surface area contributed by atoms with Crippen LogP contribution >= 0.6 is 23.2 Å². The third-order valence-electron chi connectivity index (χ3n) is 2.87. The summed E-state index contributed by atoms with van der Waals surface area (Å²) in [5.74, 6) is -1.66. The van der Waals surface area contributed by atoms with E-state index >= 15 is 0 Å². The van der Waals surface area contributed by atoms with Crippen molar-refractivity contribution in [2.24, 2.45) is 0 Å². The molecule has 24 heavy (non-hydrogen) atoms. The maximum Gasteiger partial charge on any atom is 0.295 e. The summed E-state index contributed by atoms with van der Waals surface area (Å²) >= 11 is 11.4. The molecular formula is C13H6Cl2FN3O5. The fourth-order valence-electron chi connectivity index (χ4n) is 1.77. The molecule has 0 bridgehead atoms. The van der Waals surface area contributed by atoms with Gasteiger partial charge in [0.05, 0.1) is 26.5 Å². The molecule has 8 nitrogen and oxygen atoms in total. The Bertz CT molecular complexity index is 875. The molecule has 0 aromatic heterocycles. The van der Waals surface area contributed by atoms with Crippen LogP contribution in [0.3, 0.4) is 0 Å². The lowest BCUT2D eigenvalue weighted by Gasteiger charge is -2.08. The fourth-order valence-corrected chi connectivity index (χ4v) is 2.21. The van der Waals surface area contributed by atoms with E-state index in [4.69, 9.17) is 23.2 Å². The highest BCUT2D eigenvalue weighted by Gasteiger charge is 2.26. The van der Waals surface area contributed by atoms with Crippen LogP contribution in [0.4, 0.5) is 21.5 Å². The second-order valence-corrected chi connectivity index (χ2v) is 5.21. The van der Waals surface area contributed by atoms with Crippen molar-refractivity contribution in [1.29, 1.82) is 0 Å². The Morgan fingerprint density at radius 3 is 2.29 bits per heavy atom. The zero-order chi connectivity index (χ0) is 18.0. The number of hydrogen-bond donors (Lipinski definition) is 1. The van der Waals surface area contributed by atoms with E-state index in [1.54, 1.807) is 0 Å². The number of nitro benzene ring substituents is 2. The molecule has 2 rings (SSSR count). The van der Waals surface area contributed by atoms with Crippen molar-refractivity contribution in [1.82, 2.24) is 0 Å². The van der Waals surface area contributed by atoms with E-state index in [0.717, 1.165) is 18.2 Å². The number of amides is 1. The van der Waals surface area contributed by atoms with Gasteiger partial charge in [-0.15, -0.1) is 0 Å². The van der Waals surface area contributed by atoms with E-state index in [1.165, 1.54) is 6.07 Å². The summed E-state index contributed by atoms with van der Waals surface area (Å²) in [6, 6.07) is 4.74. The Balaban J connectivity index is 2.46. The summed E-state index contributed by atoms with van der Waals surface area (Å²) in [6.07, 6.45) is 0. The van der Waals surface area contributed by atoms with Gasteiger partial charge in [0.25, 0.3) is 17.3 Å². The largest absolute Gasteiger partial charge is 0.322 e. The van der Waals surface area contributed by atoms with Crippen molar-refractivity contribution < 1.29 is 19.0 Å². The number of rotatable bonds is 4. The standard InChI is InChI=1S/C13H6Cl2FN3O5/c14-9-3-6(1-2-10(9)16)17-13(20)8-4-7(18(21)22)5-11(12(8)15)19(23)24/h1-5H,(H,17,20). The summed E-state index contributed by atoms with van der Waals surface area (Å²) in [6.45, 7) is 0. The molecule has 0 aliphatic heterocycles. The number of anilines is 1. The van der Waals surface area contributed by atoms with E-state index in [-0.39, 0.29) is 10.7 Å². The van der Waals surface area contributed by atoms with Crippen LogP contribution in [-0.4, -0.2) is 15.8 Å². The molecule has 0 spiro atoms.